The number of rotatable bonds is 41. The van der Waals surface area contributed by atoms with Crippen LogP contribution in [0.15, 0.2) is 60.7 Å². The summed E-state index contributed by atoms with van der Waals surface area (Å²) in [7, 11) is 0. The summed E-state index contributed by atoms with van der Waals surface area (Å²) in [5.41, 5.74) is 0. The fourth-order valence-electron chi connectivity index (χ4n) is 9.29. The lowest BCUT2D eigenvalue weighted by Gasteiger charge is -2.27. The van der Waals surface area contributed by atoms with Gasteiger partial charge in [0.1, 0.15) is 11.5 Å². The SMILES string of the molecule is CC.CC.CCCCCCCCCC(CC(C)CCCCCCC)C(C)CCCCCCCC.CCCCCCCCCCCC(C)CCCCCCCC.Oc1ccccc1.Oc1ccccc1. The Labute approximate surface area is 437 Å². The van der Waals surface area contributed by atoms with Crippen LogP contribution in [0.1, 0.15) is 333 Å². The molecule has 0 aromatic heterocycles. The molecule has 2 rings (SSSR count). The standard InChI is InChI=1S/C30H62.C21H44.2C6H6O.2C2H6/c1-6-9-12-15-17-20-23-26-30(27-28(4)24-21-18-14-11-8-3)29(5)25-22-19-16-13-10-7-2;1-4-6-8-10-12-13-14-16-18-20-21(3)19-17-15-11-9-7-5-2;2*7-6-4-2-1-3-5-6;2*1-2/h28-30H,6-27H2,1-5H3;21H,4-20H2,1-3H3;2*1-5,7H;2*1-2H3. The van der Waals surface area contributed by atoms with Crippen molar-refractivity contribution >= 4 is 0 Å². The molecule has 2 nitrogen and oxygen atoms in total. The summed E-state index contributed by atoms with van der Waals surface area (Å²) in [5.74, 6) is 4.49. The highest BCUT2D eigenvalue weighted by Gasteiger charge is 2.19. The van der Waals surface area contributed by atoms with Gasteiger partial charge in [-0.2, -0.15) is 0 Å². The molecule has 2 aromatic rings. The Hall–Kier alpha value is -1.96. The van der Waals surface area contributed by atoms with E-state index in [1.54, 1.807) is 48.5 Å². The Balaban J connectivity index is -0.000000460. The van der Waals surface area contributed by atoms with Crippen molar-refractivity contribution in [3.8, 4) is 11.5 Å². The second kappa shape index (κ2) is 66.0. The summed E-state index contributed by atoms with van der Waals surface area (Å²) in [6, 6.07) is 17.4. The number of aromatic hydroxyl groups is 2. The average molecular weight is 968 g/mol. The molecule has 2 N–H and O–H groups in total. The zero-order valence-electron chi connectivity index (χ0n) is 49.6. The predicted molar refractivity (Wildman–Crippen MR) is 318 cm³/mol. The molecule has 0 aliphatic heterocycles. The van der Waals surface area contributed by atoms with Crippen molar-refractivity contribution in [3.05, 3.63) is 60.7 Å². The van der Waals surface area contributed by atoms with Crippen molar-refractivity contribution in [2.75, 3.05) is 0 Å². The Morgan fingerprint density at radius 1 is 0.290 bits per heavy atom. The van der Waals surface area contributed by atoms with Gasteiger partial charge in [-0.1, -0.05) is 363 Å². The van der Waals surface area contributed by atoms with Gasteiger partial charge in [0.15, 0.2) is 0 Å². The molecule has 0 aliphatic rings. The van der Waals surface area contributed by atoms with Crippen LogP contribution in [0, 0.1) is 23.7 Å². The molecular weight excluding hydrogens is 837 g/mol. The lowest BCUT2D eigenvalue weighted by molar-refractivity contribution is 0.242. The van der Waals surface area contributed by atoms with Crippen LogP contribution in [0.2, 0.25) is 0 Å². The van der Waals surface area contributed by atoms with E-state index in [9.17, 15) is 0 Å². The number of hydrogen-bond acceptors (Lipinski definition) is 2. The first-order valence-electron chi connectivity index (χ1n) is 31.2. The maximum absolute atomic E-state index is 8.63. The molecule has 0 fully saturated rings. The van der Waals surface area contributed by atoms with Crippen LogP contribution in [0.25, 0.3) is 0 Å². The summed E-state index contributed by atoms with van der Waals surface area (Å²) < 4.78 is 0. The van der Waals surface area contributed by atoms with Crippen molar-refractivity contribution in [3.63, 3.8) is 0 Å². The fourth-order valence-corrected chi connectivity index (χ4v) is 9.29. The van der Waals surface area contributed by atoms with Crippen LogP contribution in [-0.4, -0.2) is 10.2 Å². The molecule has 2 heteroatoms. The quantitative estimate of drug-likeness (QED) is 0.0652. The monoisotopic (exact) mass is 967 g/mol. The van der Waals surface area contributed by atoms with E-state index < -0.39 is 0 Å². The maximum atomic E-state index is 8.63. The molecule has 2 aromatic carbocycles. The molecule has 0 amide bonds. The van der Waals surface area contributed by atoms with Crippen molar-refractivity contribution in [1.29, 1.82) is 0 Å². The Morgan fingerprint density at radius 3 is 0.783 bits per heavy atom. The van der Waals surface area contributed by atoms with Crippen molar-refractivity contribution in [2.24, 2.45) is 23.7 Å². The molecule has 0 spiro atoms. The van der Waals surface area contributed by atoms with E-state index in [0.717, 1.165) is 23.7 Å². The first kappa shape index (κ1) is 73.6. The van der Waals surface area contributed by atoms with E-state index in [0.29, 0.717) is 11.5 Å². The fraction of sp³-hybridized carbons (Fsp3) is 0.821. The second-order valence-corrected chi connectivity index (χ2v) is 20.7. The predicted octanol–water partition coefficient (Wildman–Crippen LogP) is 24.6. The highest BCUT2D eigenvalue weighted by Crippen LogP contribution is 2.32. The Bertz CT molecular complexity index is 1060. The van der Waals surface area contributed by atoms with Crippen molar-refractivity contribution < 1.29 is 10.2 Å². The molecule has 0 saturated carbocycles. The largest absolute Gasteiger partial charge is 0.508 e. The van der Waals surface area contributed by atoms with Gasteiger partial charge in [0.05, 0.1) is 0 Å². The summed E-state index contributed by atoms with van der Waals surface area (Å²) in [5, 5.41) is 17.3. The minimum atomic E-state index is 0.322. The van der Waals surface area contributed by atoms with Gasteiger partial charge in [-0.3, -0.25) is 0 Å². The molecule has 0 radical (unpaired) electrons. The van der Waals surface area contributed by atoms with Crippen LogP contribution < -0.4 is 0 Å². The minimum Gasteiger partial charge on any atom is -0.508 e. The van der Waals surface area contributed by atoms with Gasteiger partial charge >= 0.3 is 0 Å². The average Bonchev–Trinajstić information content (AvgIpc) is 3.37. The maximum Gasteiger partial charge on any atom is 0.115 e. The molecule has 4 unspecified atom stereocenters. The first-order valence-corrected chi connectivity index (χ1v) is 31.2. The molecule has 410 valence electrons. The van der Waals surface area contributed by atoms with Gasteiger partial charge in [-0.05, 0) is 54.4 Å². The van der Waals surface area contributed by atoms with Gasteiger partial charge < -0.3 is 10.2 Å². The summed E-state index contributed by atoms with van der Waals surface area (Å²) in [6.45, 7) is 27.2. The van der Waals surface area contributed by atoms with Gasteiger partial charge in [-0.25, -0.2) is 0 Å². The third-order valence-corrected chi connectivity index (χ3v) is 13.9. The first-order chi connectivity index (χ1) is 33.7. The van der Waals surface area contributed by atoms with Gasteiger partial charge in [0.25, 0.3) is 0 Å². The van der Waals surface area contributed by atoms with Crippen LogP contribution >= 0.6 is 0 Å². The van der Waals surface area contributed by atoms with E-state index in [4.69, 9.17) is 10.2 Å². The smallest absolute Gasteiger partial charge is 0.115 e. The molecule has 0 saturated heterocycles. The van der Waals surface area contributed by atoms with E-state index in [2.05, 4.69) is 55.4 Å². The highest BCUT2D eigenvalue weighted by atomic mass is 16.3. The third kappa shape index (κ3) is 64.0. The van der Waals surface area contributed by atoms with Gasteiger partial charge in [-0.15, -0.1) is 0 Å². The lowest BCUT2D eigenvalue weighted by atomic mass is 9.79. The molecular formula is C67H130O2. The van der Waals surface area contributed by atoms with E-state index >= 15 is 0 Å². The molecule has 69 heavy (non-hydrogen) atoms. The van der Waals surface area contributed by atoms with Crippen LogP contribution in [0.5, 0.6) is 11.5 Å². The Kier molecular flexibility index (Phi) is 70.4. The number of hydrogen-bond donors (Lipinski definition) is 2. The topological polar surface area (TPSA) is 40.5 Å². The molecule has 0 aliphatic carbocycles. The lowest BCUT2D eigenvalue weighted by Crippen LogP contribution is -2.16. The second-order valence-electron chi connectivity index (χ2n) is 20.7. The zero-order valence-corrected chi connectivity index (χ0v) is 49.6. The zero-order chi connectivity index (χ0) is 52.1. The van der Waals surface area contributed by atoms with E-state index in [1.165, 1.54) is 250 Å². The number of phenolic OH excluding ortho intramolecular Hbond substituents is 2. The Morgan fingerprint density at radius 2 is 0.522 bits per heavy atom. The summed E-state index contributed by atoms with van der Waals surface area (Å²) >= 11 is 0. The van der Waals surface area contributed by atoms with Crippen LogP contribution in [0.4, 0.5) is 0 Å². The number of phenols is 2. The molecule has 0 bridgehead atoms. The summed E-state index contributed by atoms with van der Waals surface area (Å²) in [4.78, 5) is 0. The van der Waals surface area contributed by atoms with E-state index in [1.807, 2.05) is 39.8 Å². The number of benzene rings is 2. The normalized spacial score (nSPS) is 12.2. The van der Waals surface area contributed by atoms with E-state index in [-0.39, 0.29) is 0 Å². The van der Waals surface area contributed by atoms with Gasteiger partial charge in [0.2, 0.25) is 0 Å². The summed E-state index contributed by atoms with van der Waals surface area (Å²) in [6.07, 6.45) is 56.8. The van der Waals surface area contributed by atoms with Crippen molar-refractivity contribution in [1.82, 2.24) is 0 Å². The molecule has 4 atom stereocenters. The van der Waals surface area contributed by atoms with Crippen molar-refractivity contribution in [2.45, 2.75) is 333 Å². The van der Waals surface area contributed by atoms with Crippen LogP contribution in [0.3, 0.4) is 0 Å². The third-order valence-electron chi connectivity index (χ3n) is 13.9. The number of para-hydroxylation sites is 2. The minimum absolute atomic E-state index is 0.322. The highest BCUT2D eigenvalue weighted by molar-refractivity contribution is 5.19. The molecule has 0 heterocycles. The van der Waals surface area contributed by atoms with Gasteiger partial charge in [0, 0.05) is 0 Å². The number of unbranched alkanes of at least 4 members (excludes halogenated alkanes) is 28. The van der Waals surface area contributed by atoms with Crippen LogP contribution in [-0.2, 0) is 0 Å².